The van der Waals surface area contributed by atoms with Crippen LogP contribution in [0.2, 0.25) is 0 Å². The summed E-state index contributed by atoms with van der Waals surface area (Å²) in [7, 11) is 1.34. The van der Waals surface area contributed by atoms with Crippen LogP contribution in [-0.2, 0) is 20.7 Å². The summed E-state index contributed by atoms with van der Waals surface area (Å²) in [6, 6.07) is 17.8. The number of aliphatic hydroxyl groups is 1. The molecule has 0 radical (unpaired) electrons. The molecule has 2 fully saturated rings. The van der Waals surface area contributed by atoms with Gasteiger partial charge in [0, 0.05) is 25.0 Å². The van der Waals surface area contributed by atoms with E-state index in [4.69, 9.17) is 10.5 Å². The molecule has 1 aliphatic heterocycles. The first-order valence-corrected chi connectivity index (χ1v) is 15.8. The topological polar surface area (TPSA) is 167 Å². The predicted molar refractivity (Wildman–Crippen MR) is 171 cm³/mol. The van der Waals surface area contributed by atoms with E-state index in [1.807, 2.05) is 47.5 Å². The third-order valence-electron chi connectivity index (χ3n) is 8.99. The monoisotopic (exact) mass is 630 g/mol. The second kappa shape index (κ2) is 15.2. The number of amides is 4. The number of nitrogens with zero attached hydrogens (tertiary/aromatic N) is 3. The summed E-state index contributed by atoms with van der Waals surface area (Å²) in [4.78, 5) is 56.0. The average molecular weight is 631 g/mol. The highest BCUT2D eigenvalue weighted by molar-refractivity contribution is 5.99. The molecule has 0 spiro atoms. The summed E-state index contributed by atoms with van der Waals surface area (Å²) in [5, 5.41) is 21.3. The van der Waals surface area contributed by atoms with Gasteiger partial charge in [-0.05, 0) is 48.8 Å². The zero-order valence-corrected chi connectivity index (χ0v) is 26.0. The van der Waals surface area contributed by atoms with E-state index in [0.717, 1.165) is 36.6 Å². The van der Waals surface area contributed by atoms with Crippen LogP contribution >= 0.6 is 0 Å². The van der Waals surface area contributed by atoms with Crippen molar-refractivity contribution in [1.29, 1.82) is 0 Å². The van der Waals surface area contributed by atoms with Gasteiger partial charge in [-0.3, -0.25) is 14.4 Å². The maximum Gasteiger partial charge on any atom is 0.424 e. The van der Waals surface area contributed by atoms with Gasteiger partial charge in [0.1, 0.15) is 11.7 Å². The van der Waals surface area contributed by atoms with Crippen LogP contribution in [0.15, 0.2) is 66.7 Å². The molecule has 5 N–H and O–H groups in total. The number of ether oxygens (including phenoxy) is 1. The SMILES string of the molecule is COC(=O)N1CC2CCCCC2CN1CC(O)C(Cc1ccccc1)NC(=O)C(CC(N)=O)NC(=O)c1ccc2ccccc2n1. The molecule has 12 heteroatoms. The lowest BCUT2D eigenvalue weighted by molar-refractivity contribution is -0.129. The average Bonchev–Trinajstić information content (AvgIpc) is 3.06. The van der Waals surface area contributed by atoms with Crippen molar-refractivity contribution in [1.82, 2.24) is 25.6 Å². The molecule has 0 bridgehead atoms. The van der Waals surface area contributed by atoms with Gasteiger partial charge < -0.3 is 26.2 Å². The summed E-state index contributed by atoms with van der Waals surface area (Å²) in [6.45, 7) is 1.15. The van der Waals surface area contributed by atoms with Gasteiger partial charge in [0.25, 0.3) is 5.91 Å². The number of hydrazine groups is 1. The van der Waals surface area contributed by atoms with E-state index in [1.54, 1.807) is 29.3 Å². The highest BCUT2D eigenvalue weighted by atomic mass is 16.5. The standard InChI is InChI=1S/C34H42N6O6/c1-46-34(45)40-20-25-13-6-5-12-24(25)19-39(40)21-30(41)28(17-22-9-3-2-4-10-22)37-33(44)29(18-31(35)42)38-32(43)27-16-15-23-11-7-8-14-26(23)36-27/h2-4,7-11,14-16,24-25,28-30,41H,5-6,12-13,17-21H2,1H3,(H2,35,42)(H,37,44)(H,38,43). The van der Waals surface area contributed by atoms with E-state index in [2.05, 4.69) is 15.6 Å². The fourth-order valence-corrected chi connectivity index (χ4v) is 6.55. The lowest BCUT2D eigenvalue weighted by Crippen LogP contribution is -2.61. The Kier molecular flexibility index (Phi) is 10.8. The Balaban J connectivity index is 1.34. The summed E-state index contributed by atoms with van der Waals surface area (Å²) in [5.74, 6) is -1.34. The van der Waals surface area contributed by atoms with Crippen LogP contribution in [0.25, 0.3) is 10.9 Å². The van der Waals surface area contributed by atoms with Gasteiger partial charge in [-0.15, -0.1) is 0 Å². The van der Waals surface area contributed by atoms with Gasteiger partial charge in [0.15, 0.2) is 0 Å². The summed E-state index contributed by atoms with van der Waals surface area (Å²) in [5.41, 5.74) is 7.02. The molecule has 3 aromatic rings. The minimum Gasteiger partial charge on any atom is -0.452 e. The van der Waals surface area contributed by atoms with Crippen molar-refractivity contribution >= 4 is 34.7 Å². The van der Waals surface area contributed by atoms with Crippen LogP contribution in [0, 0.1) is 11.8 Å². The molecule has 244 valence electrons. The molecule has 2 heterocycles. The molecular weight excluding hydrogens is 588 g/mol. The molecular formula is C34H42N6O6. The number of aromatic nitrogens is 1. The Morgan fingerprint density at radius 2 is 1.65 bits per heavy atom. The van der Waals surface area contributed by atoms with E-state index in [9.17, 15) is 24.3 Å². The number of hydrogen-bond donors (Lipinski definition) is 4. The number of pyridine rings is 1. The fraction of sp³-hybridized carbons (Fsp3) is 0.441. The molecule has 5 unspecified atom stereocenters. The van der Waals surface area contributed by atoms with Crippen LogP contribution in [0.4, 0.5) is 4.79 Å². The first kappa shape index (κ1) is 32.8. The number of β-amino-alcohol motifs (C(OH)–C–C–N with tert-alkyl or cyclic N) is 1. The molecule has 2 aliphatic rings. The van der Waals surface area contributed by atoms with Crippen molar-refractivity contribution in [3.8, 4) is 0 Å². The van der Waals surface area contributed by atoms with Crippen molar-refractivity contribution in [3.05, 3.63) is 78.0 Å². The van der Waals surface area contributed by atoms with Crippen LogP contribution in [0.3, 0.4) is 0 Å². The molecule has 12 nitrogen and oxygen atoms in total. The Labute approximate surface area is 268 Å². The van der Waals surface area contributed by atoms with Crippen molar-refractivity contribution in [3.63, 3.8) is 0 Å². The molecule has 5 atom stereocenters. The number of benzene rings is 2. The number of primary amides is 1. The molecule has 5 rings (SSSR count). The first-order chi connectivity index (χ1) is 22.2. The summed E-state index contributed by atoms with van der Waals surface area (Å²) < 4.78 is 5.07. The van der Waals surface area contributed by atoms with Crippen molar-refractivity contribution in [2.75, 3.05) is 26.7 Å². The number of methoxy groups -OCH3 is 1. The lowest BCUT2D eigenvalue weighted by atomic mass is 9.77. The molecule has 46 heavy (non-hydrogen) atoms. The molecule has 1 aromatic heterocycles. The number of fused-ring (bicyclic) bond motifs is 2. The Morgan fingerprint density at radius 3 is 2.37 bits per heavy atom. The number of nitrogens with two attached hydrogens (primary N) is 1. The highest BCUT2D eigenvalue weighted by Crippen LogP contribution is 2.35. The van der Waals surface area contributed by atoms with Gasteiger partial charge in [-0.2, -0.15) is 0 Å². The maximum atomic E-state index is 13.7. The number of carbonyl (C=O) groups excluding carboxylic acids is 4. The van der Waals surface area contributed by atoms with E-state index in [0.29, 0.717) is 30.4 Å². The van der Waals surface area contributed by atoms with Crippen LogP contribution in [-0.4, -0.2) is 88.9 Å². The highest BCUT2D eigenvalue weighted by Gasteiger charge is 2.40. The molecule has 1 saturated carbocycles. The van der Waals surface area contributed by atoms with Crippen molar-refractivity contribution in [2.24, 2.45) is 17.6 Å². The van der Waals surface area contributed by atoms with Crippen LogP contribution < -0.4 is 16.4 Å². The Hall–Kier alpha value is -4.55. The normalized spacial score (nSPS) is 20.2. The minimum absolute atomic E-state index is 0.0595. The first-order valence-electron chi connectivity index (χ1n) is 15.8. The largest absolute Gasteiger partial charge is 0.452 e. The molecule has 1 aliphatic carbocycles. The van der Waals surface area contributed by atoms with Gasteiger partial charge in [-0.25, -0.2) is 19.8 Å². The number of rotatable bonds is 11. The van der Waals surface area contributed by atoms with Gasteiger partial charge in [0.2, 0.25) is 11.8 Å². The zero-order valence-electron chi connectivity index (χ0n) is 26.0. The molecule has 2 aromatic carbocycles. The fourth-order valence-electron chi connectivity index (χ4n) is 6.55. The Morgan fingerprint density at radius 1 is 0.957 bits per heavy atom. The van der Waals surface area contributed by atoms with E-state index < -0.39 is 48.4 Å². The summed E-state index contributed by atoms with van der Waals surface area (Å²) in [6.07, 6.45) is 2.54. The second-order valence-corrected chi connectivity index (χ2v) is 12.2. The van der Waals surface area contributed by atoms with E-state index in [1.165, 1.54) is 7.11 Å². The van der Waals surface area contributed by atoms with Crippen LogP contribution in [0.1, 0.15) is 48.2 Å². The Bertz CT molecular complexity index is 1540. The van der Waals surface area contributed by atoms with Gasteiger partial charge >= 0.3 is 6.09 Å². The van der Waals surface area contributed by atoms with Crippen LogP contribution in [0.5, 0.6) is 0 Å². The number of aliphatic hydroxyl groups excluding tert-OH is 1. The third kappa shape index (κ3) is 8.18. The number of carbonyl (C=O) groups is 4. The van der Waals surface area contributed by atoms with Crippen molar-refractivity contribution in [2.45, 2.75) is 56.7 Å². The second-order valence-electron chi connectivity index (χ2n) is 12.2. The minimum atomic E-state index is -1.31. The number of hydrogen-bond acceptors (Lipinski definition) is 8. The van der Waals surface area contributed by atoms with E-state index in [-0.39, 0.29) is 18.7 Å². The third-order valence-corrected chi connectivity index (χ3v) is 8.99. The summed E-state index contributed by atoms with van der Waals surface area (Å²) >= 11 is 0. The quantitative estimate of drug-likeness (QED) is 0.251. The molecule has 4 amide bonds. The smallest absolute Gasteiger partial charge is 0.424 e. The lowest BCUT2D eigenvalue weighted by Gasteiger charge is -2.48. The number of para-hydroxylation sites is 1. The zero-order chi connectivity index (χ0) is 32.6. The maximum absolute atomic E-state index is 13.7. The van der Waals surface area contributed by atoms with Gasteiger partial charge in [-0.1, -0.05) is 67.4 Å². The van der Waals surface area contributed by atoms with Gasteiger partial charge in [0.05, 0.1) is 31.2 Å². The van der Waals surface area contributed by atoms with Crippen molar-refractivity contribution < 1.29 is 29.0 Å². The van der Waals surface area contributed by atoms with E-state index >= 15 is 0 Å². The molecule has 1 saturated heterocycles. The number of nitrogens with one attached hydrogen (secondary N) is 2. The predicted octanol–water partition coefficient (Wildman–Crippen LogP) is 2.40.